The SMILES string of the molecule is COc1cccc(CC2CCCN2C(=O)Cn2cnc3scc(-c4cccs4)c3c2=O)c1. The summed E-state index contributed by atoms with van der Waals surface area (Å²) in [5, 5.41) is 4.57. The number of amides is 1. The fourth-order valence-corrected chi connectivity index (χ4v) is 6.10. The lowest BCUT2D eigenvalue weighted by atomic mass is 10.0. The van der Waals surface area contributed by atoms with Gasteiger partial charge < -0.3 is 9.64 Å². The predicted octanol–water partition coefficient (Wildman–Crippen LogP) is 4.43. The van der Waals surface area contributed by atoms with Crippen LogP contribution in [0, 0.1) is 0 Å². The zero-order valence-electron chi connectivity index (χ0n) is 17.7. The van der Waals surface area contributed by atoms with Crippen LogP contribution in [-0.2, 0) is 17.8 Å². The molecule has 5 rings (SSSR count). The van der Waals surface area contributed by atoms with E-state index in [4.69, 9.17) is 4.74 Å². The van der Waals surface area contributed by atoms with Crippen molar-refractivity contribution in [3.63, 3.8) is 0 Å². The number of benzene rings is 1. The van der Waals surface area contributed by atoms with Gasteiger partial charge >= 0.3 is 0 Å². The van der Waals surface area contributed by atoms with Crippen molar-refractivity contribution in [2.75, 3.05) is 13.7 Å². The monoisotopic (exact) mass is 465 g/mol. The summed E-state index contributed by atoms with van der Waals surface area (Å²) >= 11 is 3.06. The van der Waals surface area contributed by atoms with Crippen molar-refractivity contribution in [2.24, 2.45) is 0 Å². The second kappa shape index (κ2) is 8.88. The standard InChI is InChI=1S/C24H23N3O3S2/c1-30-18-7-2-5-16(12-18)11-17-6-3-9-27(17)21(28)13-26-15-25-23-22(24(26)29)19(14-32-23)20-8-4-10-31-20/h2,4-5,7-8,10,12,14-15,17H,3,6,9,11,13H2,1H3. The molecule has 0 saturated carbocycles. The molecule has 0 spiro atoms. The van der Waals surface area contributed by atoms with Crippen LogP contribution in [0.5, 0.6) is 5.75 Å². The van der Waals surface area contributed by atoms with Crippen LogP contribution in [-0.4, -0.2) is 40.1 Å². The van der Waals surface area contributed by atoms with Crippen LogP contribution in [0.1, 0.15) is 18.4 Å². The van der Waals surface area contributed by atoms with E-state index in [1.54, 1.807) is 18.4 Å². The molecule has 1 atom stereocenters. The van der Waals surface area contributed by atoms with Crippen LogP contribution in [0.15, 0.2) is 58.3 Å². The Morgan fingerprint density at radius 3 is 2.97 bits per heavy atom. The number of nitrogens with zero attached hydrogens (tertiary/aromatic N) is 3. The van der Waals surface area contributed by atoms with Gasteiger partial charge in [0.1, 0.15) is 17.1 Å². The summed E-state index contributed by atoms with van der Waals surface area (Å²) in [6.07, 6.45) is 4.22. The molecule has 4 aromatic rings. The third-order valence-corrected chi connectivity index (χ3v) is 7.75. The zero-order chi connectivity index (χ0) is 22.1. The van der Waals surface area contributed by atoms with Gasteiger partial charge in [-0.05, 0) is 48.4 Å². The Hall–Kier alpha value is -2.97. The largest absolute Gasteiger partial charge is 0.497 e. The summed E-state index contributed by atoms with van der Waals surface area (Å²) in [7, 11) is 1.66. The highest BCUT2D eigenvalue weighted by Gasteiger charge is 2.29. The molecule has 1 aliphatic heterocycles. The molecule has 1 aromatic carbocycles. The minimum absolute atomic E-state index is 0.0100. The Morgan fingerprint density at radius 2 is 2.16 bits per heavy atom. The normalized spacial score (nSPS) is 16.0. The first-order chi connectivity index (χ1) is 15.6. The van der Waals surface area contributed by atoms with Gasteiger partial charge in [0, 0.05) is 28.4 Å². The highest BCUT2D eigenvalue weighted by molar-refractivity contribution is 7.18. The summed E-state index contributed by atoms with van der Waals surface area (Å²) in [4.78, 5) is 34.6. The summed E-state index contributed by atoms with van der Waals surface area (Å²) < 4.78 is 6.78. The topological polar surface area (TPSA) is 64.4 Å². The van der Waals surface area contributed by atoms with E-state index in [9.17, 15) is 9.59 Å². The molecule has 32 heavy (non-hydrogen) atoms. The quantitative estimate of drug-likeness (QED) is 0.423. The van der Waals surface area contributed by atoms with E-state index in [-0.39, 0.29) is 24.1 Å². The predicted molar refractivity (Wildman–Crippen MR) is 129 cm³/mol. The van der Waals surface area contributed by atoms with Crippen molar-refractivity contribution in [3.8, 4) is 16.2 Å². The van der Waals surface area contributed by atoms with Gasteiger partial charge in [-0.1, -0.05) is 18.2 Å². The van der Waals surface area contributed by atoms with E-state index in [2.05, 4.69) is 11.1 Å². The Labute approximate surface area is 193 Å². The fourth-order valence-electron chi connectivity index (χ4n) is 4.38. The van der Waals surface area contributed by atoms with Gasteiger partial charge in [-0.2, -0.15) is 0 Å². The Morgan fingerprint density at radius 1 is 1.25 bits per heavy atom. The summed E-state index contributed by atoms with van der Waals surface area (Å²) in [6, 6.07) is 12.1. The molecule has 0 radical (unpaired) electrons. The number of carbonyl (C=O) groups excluding carboxylic acids is 1. The van der Waals surface area contributed by atoms with Crippen LogP contribution in [0.3, 0.4) is 0 Å². The average molecular weight is 466 g/mol. The lowest BCUT2D eigenvalue weighted by Crippen LogP contribution is -2.40. The minimum atomic E-state index is -0.156. The third-order valence-electron chi connectivity index (χ3n) is 5.96. The number of thiophene rings is 2. The summed E-state index contributed by atoms with van der Waals surface area (Å²) in [6.45, 7) is 0.729. The van der Waals surface area contributed by atoms with E-state index in [0.29, 0.717) is 10.2 Å². The van der Waals surface area contributed by atoms with Crippen molar-refractivity contribution >= 4 is 38.8 Å². The lowest BCUT2D eigenvalue weighted by Gasteiger charge is -2.25. The Balaban J connectivity index is 1.37. The van der Waals surface area contributed by atoms with Crippen molar-refractivity contribution in [2.45, 2.75) is 31.8 Å². The first-order valence-electron chi connectivity index (χ1n) is 10.6. The maximum Gasteiger partial charge on any atom is 0.263 e. The number of methoxy groups -OCH3 is 1. The number of ether oxygens (including phenoxy) is 1. The van der Waals surface area contributed by atoms with Crippen LogP contribution in [0.4, 0.5) is 0 Å². The van der Waals surface area contributed by atoms with Gasteiger partial charge in [0.25, 0.3) is 5.56 Å². The van der Waals surface area contributed by atoms with Crippen molar-refractivity contribution in [1.82, 2.24) is 14.5 Å². The maximum absolute atomic E-state index is 13.2. The van der Waals surface area contributed by atoms with Crippen LogP contribution in [0.2, 0.25) is 0 Å². The second-order valence-corrected chi connectivity index (χ2v) is 9.73. The van der Waals surface area contributed by atoms with Crippen LogP contribution >= 0.6 is 22.7 Å². The molecule has 1 unspecified atom stereocenters. The van der Waals surface area contributed by atoms with E-state index in [1.807, 2.05) is 46.0 Å². The number of carbonyl (C=O) groups is 1. The molecule has 1 amide bonds. The van der Waals surface area contributed by atoms with Crippen LogP contribution < -0.4 is 10.3 Å². The molecule has 1 fully saturated rings. The molecule has 0 aliphatic carbocycles. The molecule has 3 aromatic heterocycles. The zero-order valence-corrected chi connectivity index (χ0v) is 19.3. The highest BCUT2D eigenvalue weighted by atomic mass is 32.1. The van der Waals surface area contributed by atoms with E-state index in [0.717, 1.165) is 47.6 Å². The third kappa shape index (κ3) is 3.96. The van der Waals surface area contributed by atoms with Gasteiger partial charge in [-0.15, -0.1) is 22.7 Å². The number of likely N-dealkylation sites (tertiary alicyclic amines) is 1. The second-order valence-electron chi connectivity index (χ2n) is 7.92. The number of aromatic nitrogens is 2. The molecule has 1 saturated heterocycles. The fraction of sp³-hybridized carbons (Fsp3) is 0.292. The minimum Gasteiger partial charge on any atom is -0.497 e. The first-order valence-corrected chi connectivity index (χ1v) is 12.3. The molecular weight excluding hydrogens is 442 g/mol. The highest BCUT2D eigenvalue weighted by Crippen LogP contribution is 2.33. The van der Waals surface area contributed by atoms with Crippen molar-refractivity contribution in [1.29, 1.82) is 0 Å². The average Bonchev–Trinajstić information content (AvgIpc) is 3.56. The first kappa shape index (κ1) is 20.9. The number of fused-ring (bicyclic) bond motifs is 1. The molecule has 1 aliphatic rings. The van der Waals surface area contributed by atoms with Gasteiger partial charge in [-0.3, -0.25) is 14.2 Å². The number of hydrogen-bond donors (Lipinski definition) is 0. The van der Waals surface area contributed by atoms with Crippen molar-refractivity contribution in [3.05, 3.63) is 69.4 Å². The molecule has 164 valence electrons. The smallest absolute Gasteiger partial charge is 0.263 e. The van der Waals surface area contributed by atoms with Gasteiger partial charge in [0.05, 0.1) is 18.8 Å². The van der Waals surface area contributed by atoms with Gasteiger partial charge in [-0.25, -0.2) is 4.98 Å². The van der Waals surface area contributed by atoms with Crippen molar-refractivity contribution < 1.29 is 9.53 Å². The molecular formula is C24H23N3O3S2. The molecule has 0 N–H and O–H groups in total. The Bertz CT molecular complexity index is 1310. The van der Waals surface area contributed by atoms with Crippen LogP contribution in [0.25, 0.3) is 20.7 Å². The molecule has 8 heteroatoms. The van der Waals surface area contributed by atoms with E-state index < -0.39 is 0 Å². The lowest BCUT2D eigenvalue weighted by molar-refractivity contribution is -0.132. The van der Waals surface area contributed by atoms with E-state index >= 15 is 0 Å². The molecule has 4 heterocycles. The molecule has 6 nitrogen and oxygen atoms in total. The van der Waals surface area contributed by atoms with Gasteiger partial charge in [0.15, 0.2) is 0 Å². The number of hydrogen-bond acceptors (Lipinski definition) is 6. The maximum atomic E-state index is 13.2. The number of rotatable bonds is 6. The molecule has 0 bridgehead atoms. The summed E-state index contributed by atoms with van der Waals surface area (Å²) in [5.74, 6) is 0.785. The van der Waals surface area contributed by atoms with Gasteiger partial charge in [0.2, 0.25) is 5.91 Å². The summed E-state index contributed by atoms with van der Waals surface area (Å²) in [5.41, 5.74) is 1.89. The van der Waals surface area contributed by atoms with E-state index in [1.165, 1.54) is 22.2 Å². The Kier molecular flexibility index (Phi) is 5.80.